The monoisotopic (exact) mass is 359 g/mol. The van der Waals surface area contributed by atoms with Gasteiger partial charge in [-0.15, -0.1) is 0 Å². The first-order chi connectivity index (χ1) is 8.58. The average molecular weight is 359 g/mol. The Balaban J connectivity index is 2.49. The quantitative estimate of drug-likeness (QED) is 0.498. The van der Waals surface area contributed by atoms with Gasteiger partial charge in [0.25, 0.3) is 3.91 Å². The summed E-state index contributed by atoms with van der Waals surface area (Å²) in [7, 11) is 0. The van der Waals surface area contributed by atoms with E-state index in [1.165, 1.54) is 12.3 Å². The van der Waals surface area contributed by atoms with E-state index in [1.807, 2.05) is 0 Å². The summed E-state index contributed by atoms with van der Waals surface area (Å²) in [6, 6.07) is 3.13. The van der Waals surface area contributed by atoms with Crippen LogP contribution in [0.5, 0.6) is 0 Å². The fourth-order valence-electron chi connectivity index (χ4n) is 1.60. The minimum absolute atomic E-state index is 0.146. The van der Waals surface area contributed by atoms with Crippen LogP contribution < -0.4 is 10.7 Å². The molecule has 2 N–H and O–H groups in total. The molecule has 0 bridgehead atoms. The van der Waals surface area contributed by atoms with Gasteiger partial charge in [-0.25, -0.2) is 0 Å². The minimum Gasteiger partial charge on any atom is -0.356 e. The summed E-state index contributed by atoms with van der Waals surface area (Å²) in [5.41, 5.74) is 1.56. The van der Waals surface area contributed by atoms with Crippen molar-refractivity contribution in [2.75, 3.05) is 0 Å². The number of hydrogen-bond acceptors (Lipinski definition) is 4. The zero-order valence-corrected chi connectivity index (χ0v) is 11.6. The Morgan fingerprint density at radius 3 is 3.00 bits per heavy atom. The predicted molar refractivity (Wildman–Crippen MR) is 73.6 cm³/mol. The van der Waals surface area contributed by atoms with Gasteiger partial charge in [-0.1, -0.05) is 5.16 Å². The number of pyridine rings is 1. The molecule has 0 fully saturated rings. The van der Waals surface area contributed by atoms with Crippen LogP contribution >= 0.6 is 22.6 Å². The van der Waals surface area contributed by atoms with Crippen molar-refractivity contribution < 1.29 is 9.32 Å². The number of amides is 1. The maximum absolute atomic E-state index is 11.9. The third-order valence-electron chi connectivity index (χ3n) is 2.36. The van der Waals surface area contributed by atoms with Crippen molar-refractivity contribution in [1.29, 1.82) is 0 Å². The lowest BCUT2D eigenvalue weighted by Crippen LogP contribution is -2.22. The van der Waals surface area contributed by atoms with E-state index >= 15 is 0 Å². The molecule has 0 spiro atoms. The molecule has 94 valence electrons. The van der Waals surface area contributed by atoms with Gasteiger partial charge in [-0.3, -0.25) is 9.59 Å². The number of aromatic nitrogens is 2. The number of rotatable bonds is 3. The molecule has 0 saturated heterocycles. The predicted octanol–water partition coefficient (Wildman–Crippen LogP) is 1.98. The van der Waals surface area contributed by atoms with Crippen molar-refractivity contribution in [3.05, 3.63) is 39.8 Å². The number of hydrogen-bond donors (Lipinski definition) is 2. The van der Waals surface area contributed by atoms with Crippen LogP contribution in [-0.2, 0) is 6.54 Å². The van der Waals surface area contributed by atoms with Crippen molar-refractivity contribution >= 4 is 26.5 Å². The molecule has 2 aromatic rings. The first-order valence-electron chi connectivity index (χ1n) is 5.15. The normalized spacial score (nSPS) is 10.3. The third kappa shape index (κ3) is 2.78. The highest BCUT2D eigenvalue weighted by Crippen LogP contribution is 2.19. The van der Waals surface area contributed by atoms with E-state index in [-0.39, 0.29) is 15.9 Å². The molecule has 0 saturated carbocycles. The highest BCUT2D eigenvalue weighted by Gasteiger charge is 2.13. The molecular formula is C11H10IN3O3. The average Bonchev–Trinajstić information content (AvgIpc) is 2.79. The maximum Gasteiger partial charge on any atom is 0.280 e. The van der Waals surface area contributed by atoms with Gasteiger partial charge in [0.2, 0.25) is 0 Å². The van der Waals surface area contributed by atoms with Crippen molar-refractivity contribution in [2.24, 2.45) is 0 Å². The molecule has 7 heteroatoms. The highest BCUT2D eigenvalue weighted by molar-refractivity contribution is 14.1. The number of H-pyrrole nitrogens is 1. The van der Waals surface area contributed by atoms with Gasteiger partial charge in [-0.05, 0) is 6.92 Å². The second-order valence-corrected chi connectivity index (χ2v) is 4.65. The zero-order chi connectivity index (χ0) is 13.1. The lowest BCUT2D eigenvalue weighted by molar-refractivity contribution is 0.262. The van der Waals surface area contributed by atoms with E-state index in [0.29, 0.717) is 17.0 Å². The summed E-state index contributed by atoms with van der Waals surface area (Å²) in [5, 5.41) is 6.20. The Hall–Kier alpha value is -1.64. The van der Waals surface area contributed by atoms with Gasteiger partial charge < -0.3 is 14.8 Å². The smallest absolute Gasteiger partial charge is 0.280 e. The largest absolute Gasteiger partial charge is 0.356 e. The van der Waals surface area contributed by atoms with Gasteiger partial charge in [0.05, 0.1) is 11.9 Å². The number of halogens is 1. The lowest BCUT2D eigenvalue weighted by atomic mass is 10.1. The van der Waals surface area contributed by atoms with Gasteiger partial charge in [-0.2, -0.15) is 0 Å². The second-order valence-electron chi connectivity index (χ2n) is 3.67. The van der Waals surface area contributed by atoms with Crippen molar-refractivity contribution in [3.63, 3.8) is 0 Å². The van der Waals surface area contributed by atoms with E-state index < -0.39 is 0 Å². The molecule has 18 heavy (non-hydrogen) atoms. The summed E-state index contributed by atoms with van der Waals surface area (Å²) >= 11 is 1.61. The Morgan fingerprint density at radius 1 is 1.61 bits per heavy atom. The van der Waals surface area contributed by atoms with Gasteiger partial charge in [0.15, 0.2) is 11.2 Å². The standard InChI is InChI=1S/C11H10IN3O3/c1-6-4-8(16)7(5-13-11(12)17)10(15-6)9-2-3-14-18-9/h2-4H,5H2,1H3,(H,13,17)(H,15,16). The molecule has 0 radical (unpaired) electrons. The molecule has 1 amide bonds. The van der Waals surface area contributed by atoms with Crippen molar-refractivity contribution in [2.45, 2.75) is 13.5 Å². The third-order valence-corrected chi connectivity index (χ3v) is 2.74. The lowest BCUT2D eigenvalue weighted by Gasteiger charge is -2.07. The van der Waals surface area contributed by atoms with Crippen LogP contribution in [-0.4, -0.2) is 14.1 Å². The molecular weight excluding hydrogens is 349 g/mol. The Bertz CT molecular complexity index is 619. The summed E-state index contributed by atoms with van der Waals surface area (Å²) in [6.45, 7) is 1.93. The number of aryl methyl sites for hydroxylation is 1. The maximum atomic E-state index is 11.9. The molecule has 2 aromatic heterocycles. The molecule has 2 heterocycles. The van der Waals surface area contributed by atoms with Crippen LogP contribution in [0.2, 0.25) is 0 Å². The summed E-state index contributed by atoms with van der Waals surface area (Å²) in [5.74, 6) is 0.466. The molecule has 0 aliphatic heterocycles. The van der Waals surface area contributed by atoms with E-state index in [4.69, 9.17) is 4.52 Å². The van der Waals surface area contributed by atoms with Crippen LogP contribution in [0.4, 0.5) is 4.79 Å². The van der Waals surface area contributed by atoms with E-state index in [1.54, 1.807) is 35.6 Å². The SMILES string of the molecule is Cc1cc(=O)c(CNC(=O)I)c(-c2ccno2)[nH]1. The van der Waals surface area contributed by atoms with Gasteiger partial charge >= 0.3 is 0 Å². The van der Waals surface area contributed by atoms with Gasteiger partial charge in [0, 0.05) is 52.5 Å². The molecule has 0 unspecified atom stereocenters. The fraction of sp³-hybridized carbons (Fsp3) is 0.182. The van der Waals surface area contributed by atoms with E-state index in [2.05, 4.69) is 15.5 Å². The Kier molecular flexibility index (Phi) is 3.80. The molecule has 0 aliphatic carbocycles. The Morgan fingerprint density at radius 2 is 2.39 bits per heavy atom. The summed E-state index contributed by atoms with van der Waals surface area (Å²) < 4.78 is 4.82. The molecule has 0 aliphatic rings. The zero-order valence-electron chi connectivity index (χ0n) is 9.49. The number of aromatic amines is 1. The highest BCUT2D eigenvalue weighted by atomic mass is 127. The topological polar surface area (TPSA) is 88.0 Å². The van der Waals surface area contributed by atoms with Crippen LogP contribution in [0.1, 0.15) is 11.3 Å². The number of carbonyl (C=O) groups excluding carboxylic acids is 1. The van der Waals surface area contributed by atoms with Crippen molar-refractivity contribution in [1.82, 2.24) is 15.5 Å². The van der Waals surface area contributed by atoms with Crippen LogP contribution in [0.25, 0.3) is 11.5 Å². The fourth-order valence-corrected chi connectivity index (χ4v) is 1.79. The number of carbonyl (C=O) groups is 1. The van der Waals surface area contributed by atoms with Gasteiger partial charge in [0.1, 0.15) is 0 Å². The summed E-state index contributed by atoms with van der Waals surface area (Å²) in [4.78, 5) is 25.9. The molecule has 2 rings (SSSR count). The van der Waals surface area contributed by atoms with E-state index in [9.17, 15) is 9.59 Å². The van der Waals surface area contributed by atoms with Crippen LogP contribution in [0.3, 0.4) is 0 Å². The number of nitrogens with one attached hydrogen (secondary N) is 2. The molecule has 0 aromatic carbocycles. The van der Waals surface area contributed by atoms with E-state index in [0.717, 1.165) is 5.69 Å². The van der Waals surface area contributed by atoms with Crippen LogP contribution in [0.15, 0.2) is 27.6 Å². The van der Waals surface area contributed by atoms with Crippen molar-refractivity contribution in [3.8, 4) is 11.5 Å². The molecule has 6 nitrogen and oxygen atoms in total. The minimum atomic E-state index is -0.226. The Labute approximate surface area is 116 Å². The molecule has 0 atom stereocenters. The second kappa shape index (κ2) is 5.34. The first-order valence-corrected chi connectivity index (χ1v) is 6.23. The summed E-state index contributed by atoms with van der Waals surface area (Å²) in [6.07, 6.45) is 1.50. The van der Waals surface area contributed by atoms with Crippen LogP contribution in [0, 0.1) is 6.92 Å². The number of nitrogens with zero attached hydrogens (tertiary/aromatic N) is 1. The first kappa shape index (κ1) is 12.8.